The molecule has 16 heavy (non-hydrogen) atoms. The van der Waals surface area contributed by atoms with E-state index in [1.165, 1.54) is 0 Å². The molecule has 0 aromatic carbocycles. The van der Waals surface area contributed by atoms with Crippen molar-refractivity contribution in [3.05, 3.63) is 0 Å². The van der Waals surface area contributed by atoms with E-state index in [2.05, 4.69) is 16.0 Å². The van der Waals surface area contributed by atoms with E-state index < -0.39 is 0 Å². The average Bonchev–Trinajstić information content (AvgIpc) is 2.31. The molecule has 1 atom stereocenters. The Balaban J connectivity index is 1.66. The summed E-state index contributed by atoms with van der Waals surface area (Å²) in [6, 6.07) is 0.476. The molecule has 0 aliphatic carbocycles. The number of hydrogen-bond donors (Lipinski definition) is 3. The molecular formula is C11H21N3O2. The van der Waals surface area contributed by atoms with E-state index in [4.69, 9.17) is 4.74 Å². The second-order valence-electron chi connectivity index (χ2n) is 4.56. The molecule has 0 saturated carbocycles. The molecular weight excluding hydrogens is 206 g/mol. The normalized spacial score (nSPS) is 27.4. The van der Waals surface area contributed by atoms with Gasteiger partial charge in [-0.2, -0.15) is 0 Å². The van der Waals surface area contributed by atoms with Gasteiger partial charge in [0.15, 0.2) is 0 Å². The predicted molar refractivity (Wildman–Crippen MR) is 61.4 cm³/mol. The van der Waals surface area contributed by atoms with E-state index in [0.717, 1.165) is 45.4 Å². The Bertz CT molecular complexity index is 201. The first kappa shape index (κ1) is 11.7. The van der Waals surface area contributed by atoms with E-state index in [1.54, 1.807) is 0 Å². The fourth-order valence-electron chi connectivity index (χ4n) is 2.23. The van der Waals surface area contributed by atoms with Crippen molar-refractivity contribution in [2.24, 2.45) is 0 Å². The first-order chi connectivity index (χ1) is 7.84. The number of amides is 2. The highest BCUT2D eigenvalue weighted by atomic mass is 16.5. The highest BCUT2D eigenvalue weighted by Crippen LogP contribution is 2.06. The lowest BCUT2D eigenvalue weighted by Crippen LogP contribution is -2.51. The Hall–Kier alpha value is -0.810. The van der Waals surface area contributed by atoms with Crippen molar-refractivity contribution in [1.29, 1.82) is 0 Å². The zero-order valence-corrected chi connectivity index (χ0v) is 9.63. The Morgan fingerprint density at radius 2 is 1.88 bits per heavy atom. The molecule has 0 radical (unpaired) electrons. The summed E-state index contributed by atoms with van der Waals surface area (Å²) in [6.45, 7) is 3.47. The summed E-state index contributed by atoms with van der Waals surface area (Å²) in [4.78, 5) is 11.7. The lowest BCUT2D eigenvalue weighted by molar-refractivity contribution is 0.0729. The Kier molecular flexibility index (Phi) is 4.42. The lowest BCUT2D eigenvalue weighted by atomic mass is 10.1. The summed E-state index contributed by atoms with van der Waals surface area (Å²) >= 11 is 0. The van der Waals surface area contributed by atoms with Gasteiger partial charge in [-0.3, -0.25) is 0 Å². The zero-order valence-electron chi connectivity index (χ0n) is 9.63. The van der Waals surface area contributed by atoms with Crippen LogP contribution in [-0.2, 0) is 4.74 Å². The maximum absolute atomic E-state index is 11.7. The minimum absolute atomic E-state index is 0.0394. The van der Waals surface area contributed by atoms with Crippen molar-refractivity contribution in [3.63, 3.8) is 0 Å². The Labute approximate surface area is 96.3 Å². The molecule has 0 spiro atoms. The standard InChI is InChI=1S/C11H21N3O2/c15-11(13-9-3-5-12-6-4-9)14-10-2-1-7-16-8-10/h9-10,12H,1-8H2,(H2,13,14,15). The monoisotopic (exact) mass is 227 g/mol. The second kappa shape index (κ2) is 6.06. The van der Waals surface area contributed by atoms with Crippen LogP contribution in [0.2, 0.25) is 0 Å². The van der Waals surface area contributed by atoms with Gasteiger partial charge in [0.25, 0.3) is 0 Å². The third kappa shape index (κ3) is 3.64. The van der Waals surface area contributed by atoms with Crippen molar-refractivity contribution in [1.82, 2.24) is 16.0 Å². The maximum Gasteiger partial charge on any atom is 0.315 e. The van der Waals surface area contributed by atoms with Gasteiger partial charge in [-0.25, -0.2) is 4.79 Å². The number of carbonyl (C=O) groups is 1. The molecule has 2 rings (SSSR count). The van der Waals surface area contributed by atoms with Gasteiger partial charge in [0.1, 0.15) is 0 Å². The van der Waals surface area contributed by atoms with Crippen LogP contribution in [0.25, 0.3) is 0 Å². The molecule has 5 nitrogen and oxygen atoms in total. The van der Waals surface area contributed by atoms with Crippen LogP contribution in [0.5, 0.6) is 0 Å². The molecule has 2 aliphatic heterocycles. The Morgan fingerprint density at radius 3 is 2.56 bits per heavy atom. The molecule has 0 bridgehead atoms. The van der Waals surface area contributed by atoms with Gasteiger partial charge in [-0.1, -0.05) is 0 Å². The van der Waals surface area contributed by atoms with Crippen LogP contribution < -0.4 is 16.0 Å². The third-order valence-corrected chi connectivity index (χ3v) is 3.17. The van der Waals surface area contributed by atoms with E-state index in [9.17, 15) is 4.79 Å². The topological polar surface area (TPSA) is 62.4 Å². The largest absolute Gasteiger partial charge is 0.379 e. The van der Waals surface area contributed by atoms with Gasteiger partial charge in [0.2, 0.25) is 0 Å². The predicted octanol–water partition coefficient (Wildman–Crippen LogP) is 0.217. The van der Waals surface area contributed by atoms with Crippen molar-refractivity contribution < 1.29 is 9.53 Å². The number of urea groups is 1. The molecule has 0 aromatic heterocycles. The van der Waals surface area contributed by atoms with Gasteiger partial charge in [0, 0.05) is 12.6 Å². The molecule has 3 N–H and O–H groups in total. The molecule has 5 heteroatoms. The first-order valence-electron chi connectivity index (χ1n) is 6.20. The van der Waals surface area contributed by atoms with E-state index in [1.807, 2.05) is 0 Å². The molecule has 0 aromatic rings. The summed E-state index contributed by atoms with van der Waals surface area (Å²) < 4.78 is 5.32. The van der Waals surface area contributed by atoms with Gasteiger partial charge < -0.3 is 20.7 Å². The molecule has 2 aliphatic rings. The first-order valence-corrected chi connectivity index (χ1v) is 6.20. The van der Waals surface area contributed by atoms with E-state index in [0.29, 0.717) is 12.6 Å². The van der Waals surface area contributed by atoms with Crippen LogP contribution in [0.3, 0.4) is 0 Å². The SMILES string of the molecule is O=C(NC1CCNCC1)NC1CCCOC1. The van der Waals surface area contributed by atoms with Gasteiger partial charge in [-0.05, 0) is 38.8 Å². The van der Waals surface area contributed by atoms with Crippen molar-refractivity contribution in [3.8, 4) is 0 Å². The number of ether oxygens (including phenoxy) is 1. The highest BCUT2D eigenvalue weighted by Gasteiger charge is 2.19. The quantitative estimate of drug-likeness (QED) is 0.632. The summed E-state index contributed by atoms with van der Waals surface area (Å²) in [7, 11) is 0. The van der Waals surface area contributed by atoms with Gasteiger partial charge in [0.05, 0.1) is 12.6 Å². The average molecular weight is 227 g/mol. The fourth-order valence-corrected chi connectivity index (χ4v) is 2.23. The van der Waals surface area contributed by atoms with Crippen molar-refractivity contribution >= 4 is 6.03 Å². The minimum atomic E-state index is -0.0394. The minimum Gasteiger partial charge on any atom is -0.379 e. The van der Waals surface area contributed by atoms with Crippen LogP contribution in [0.4, 0.5) is 4.79 Å². The summed E-state index contributed by atoms with van der Waals surface area (Å²) in [5.41, 5.74) is 0. The number of rotatable bonds is 2. The molecule has 2 fully saturated rings. The zero-order chi connectivity index (χ0) is 11.2. The fraction of sp³-hybridized carbons (Fsp3) is 0.909. The number of carbonyl (C=O) groups excluding carboxylic acids is 1. The van der Waals surface area contributed by atoms with Crippen LogP contribution in [0, 0.1) is 0 Å². The number of piperidine rings is 1. The van der Waals surface area contributed by atoms with Crippen LogP contribution in [0.1, 0.15) is 25.7 Å². The van der Waals surface area contributed by atoms with Crippen LogP contribution in [0.15, 0.2) is 0 Å². The van der Waals surface area contributed by atoms with E-state index in [-0.39, 0.29) is 12.1 Å². The highest BCUT2D eigenvalue weighted by molar-refractivity contribution is 5.74. The van der Waals surface area contributed by atoms with Crippen LogP contribution in [-0.4, -0.2) is 44.4 Å². The molecule has 2 saturated heterocycles. The summed E-state index contributed by atoms with van der Waals surface area (Å²) in [5, 5.41) is 9.27. The molecule has 1 unspecified atom stereocenters. The van der Waals surface area contributed by atoms with E-state index >= 15 is 0 Å². The molecule has 92 valence electrons. The van der Waals surface area contributed by atoms with Crippen molar-refractivity contribution in [2.75, 3.05) is 26.3 Å². The number of hydrogen-bond acceptors (Lipinski definition) is 3. The smallest absolute Gasteiger partial charge is 0.315 e. The van der Waals surface area contributed by atoms with Gasteiger partial charge in [-0.15, -0.1) is 0 Å². The number of nitrogens with one attached hydrogen (secondary N) is 3. The van der Waals surface area contributed by atoms with Gasteiger partial charge >= 0.3 is 6.03 Å². The summed E-state index contributed by atoms with van der Waals surface area (Å²) in [6.07, 6.45) is 4.11. The molecule has 2 amide bonds. The Morgan fingerprint density at radius 1 is 1.12 bits per heavy atom. The summed E-state index contributed by atoms with van der Waals surface area (Å²) in [5.74, 6) is 0. The van der Waals surface area contributed by atoms with Crippen LogP contribution >= 0.6 is 0 Å². The lowest BCUT2D eigenvalue weighted by Gasteiger charge is -2.27. The second-order valence-corrected chi connectivity index (χ2v) is 4.56. The maximum atomic E-state index is 11.7. The third-order valence-electron chi connectivity index (χ3n) is 3.17. The van der Waals surface area contributed by atoms with Crippen molar-refractivity contribution in [2.45, 2.75) is 37.8 Å². The molecule has 2 heterocycles.